The summed E-state index contributed by atoms with van der Waals surface area (Å²) in [6, 6.07) is 0. The smallest absolute Gasteiger partial charge is 0.335 e. The lowest BCUT2D eigenvalue weighted by molar-refractivity contribution is -0.161. The van der Waals surface area contributed by atoms with E-state index >= 15 is 0 Å². The van der Waals surface area contributed by atoms with Gasteiger partial charge in [0.15, 0.2) is 11.9 Å². The van der Waals surface area contributed by atoms with Gasteiger partial charge in [0.2, 0.25) is 0 Å². The highest BCUT2D eigenvalue weighted by Gasteiger charge is 2.33. The molecule has 0 aliphatic carbocycles. The zero-order valence-corrected chi connectivity index (χ0v) is 6.49. The molecule has 13 heavy (non-hydrogen) atoms. The first-order valence-corrected chi connectivity index (χ1v) is 3.32. The van der Waals surface area contributed by atoms with Crippen LogP contribution < -0.4 is 0 Å². The molecule has 0 aromatic rings. The van der Waals surface area contributed by atoms with Crippen molar-refractivity contribution in [3.8, 4) is 0 Å². The third kappa shape index (κ3) is 3.07. The normalized spacial score (nSPS) is 17.5. The van der Waals surface area contributed by atoms with Crippen molar-refractivity contribution in [3.63, 3.8) is 0 Å². The molecule has 7 nitrogen and oxygen atoms in total. The summed E-state index contributed by atoms with van der Waals surface area (Å²) >= 11 is 0. The Kier molecular flexibility index (Phi) is 4.49. The van der Waals surface area contributed by atoms with Gasteiger partial charge in [-0.3, -0.25) is 4.79 Å². The van der Waals surface area contributed by atoms with Gasteiger partial charge in [-0.05, 0) is 0 Å². The molecule has 0 saturated heterocycles. The van der Waals surface area contributed by atoms with E-state index in [1.165, 1.54) is 0 Å². The van der Waals surface area contributed by atoms with E-state index in [4.69, 9.17) is 25.5 Å². The van der Waals surface area contributed by atoms with Gasteiger partial charge >= 0.3 is 5.97 Å². The molecule has 0 unspecified atom stereocenters. The van der Waals surface area contributed by atoms with E-state index in [0.717, 1.165) is 0 Å². The number of carbonyl (C=O) groups is 2. The Morgan fingerprint density at radius 3 is 1.85 bits per heavy atom. The maximum Gasteiger partial charge on any atom is 0.335 e. The Labute approximate surface area is 72.9 Å². The van der Waals surface area contributed by atoms with E-state index in [9.17, 15) is 9.59 Å². The lowest BCUT2D eigenvalue weighted by Crippen LogP contribution is -2.46. The Hall–Kier alpha value is -1.02. The average Bonchev–Trinajstić information content (AvgIpc) is 2.12. The topological polar surface area (TPSA) is 135 Å². The van der Waals surface area contributed by atoms with Gasteiger partial charge in [-0.25, -0.2) is 4.79 Å². The van der Waals surface area contributed by atoms with Gasteiger partial charge in [-0.2, -0.15) is 0 Å². The highest BCUT2D eigenvalue weighted by Crippen LogP contribution is 2.01. The number of carboxylic acids is 1. The van der Waals surface area contributed by atoms with E-state index < -0.39 is 36.7 Å². The van der Waals surface area contributed by atoms with Gasteiger partial charge in [0.1, 0.15) is 18.8 Å². The minimum atomic E-state index is -2.26. The summed E-state index contributed by atoms with van der Waals surface area (Å²) in [5.41, 5.74) is 0. The van der Waals surface area contributed by atoms with Crippen molar-refractivity contribution in [2.24, 2.45) is 0 Å². The summed E-state index contributed by atoms with van der Waals surface area (Å²) in [5, 5.41) is 42.7. The van der Waals surface area contributed by atoms with E-state index in [-0.39, 0.29) is 0 Å². The predicted octanol–water partition coefficient (Wildman–Crippen LogP) is -3.28. The van der Waals surface area contributed by atoms with Crippen LogP contribution in [-0.2, 0) is 9.59 Å². The Morgan fingerprint density at radius 1 is 1.08 bits per heavy atom. The second kappa shape index (κ2) is 4.87. The first kappa shape index (κ1) is 12.0. The highest BCUT2D eigenvalue weighted by atomic mass is 16.4. The zero-order chi connectivity index (χ0) is 10.6. The maximum atomic E-state index is 10.5. The Morgan fingerprint density at radius 2 is 1.54 bits per heavy atom. The van der Waals surface area contributed by atoms with Crippen molar-refractivity contribution >= 4 is 11.8 Å². The van der Waals surface area contributed by atoms with Gasteiger partial charge in [-0.15, -0.1) is 0 Å². The van der Waals surface area contributed by atoms with Crippen molar-refractivity contribution < 1.29 is 35.1 Å². The molecule has 0 fully saturated rings. The quantitative estimate of drug-likeness (QED) is 0.309. The van der Waals surface area contributed by atoms with Crippen molar-refractivity contribution in [3.05, 3.63) is 0 Å². The largest absolute Gasteiger partial charge is 0.479 e. The summed E-state index contributed by atoms with van der Waals surface area (Å²) in [7, 11) is 0. The number of aliphatic carboxylic acids is 1. The highest BCUT2D eigenvalue weighted by molar-refractivity contribution is 5.85. The summed E-state index contributed by atoms with van der Waals surface area (Å²) in [5.74, 6) is -2.93. The summed E-state index contributed by atoms with van der Waals surface area (Å²) in [6.07, 6.45) is -6.50. The molecule has 0 spiro atoms. The third-order valence-electron chi connectivity index (χ3n) is 1.39. The second-order valence-corrected chi connectivity index (χ2v) is 2.34. The van der Waals surface area contributed by atoms with Crippen LogP contribution in [0.5, 0.6) is 0 Å². The number of aliphatic hydroxyl groups is 4. The molecule has 7 heteroatoms. The summed E-state index contributed by atoms with van der Waals surface area (Å²) < 4.78 is 0. The van der Waals surface area contributed by atoms with Gasteiger partial charge in [-0.1, -0.05) is 0 Å². The minimum absolute atomic E-state index is 1.04. The first-order valence-electron chi connectivity index (χ1n) is 3.32. The molecule has 0 saturated carbocycles. The molecule has 0 amide bonds. The van der Waals surface area contributed by atoms with Crippen LogP contribution in [0.25, 0.3) is 0 Å². The predicted molar refractivity (Wildman–Crippen MR) is 37.7 cm³/mol. The number of carbonyl (C=O) groups excluding carboxylic acids is 1. The molecule has 0 heterocycles. The molecular weight excluding hydrogens is 184 g/mol. The van der Waals surface area contributed by atoms with Crippen LogP contribution in [0, 0.1) is 0 Å². The molecule has 0 bridgehead atoms. The minimum Gasteiger partial charge on any atom is -0.479 e. The molecule has 5 N–H and O–H groups in total. The van der Waals surface area contributed by atoms with Crippen LogP contribution in [0.3, 0.4) is 0 Å². The van der Waals surface area contributed by atoms with Crippen LogP contribution in [0.1, 0.15) is 0 Å². The van der Waals surface area contributed by atoms with E-state index in [2.05, 4.69) is 0 Å². The lowest BCUT2D eigenvalue weighted by atomic mass is 10.1. The maximum absolute atomic E-state index is 10.5. The van der Waals surface area contributed by atoms with Crippen LogP contribution >= 0.6 is 0 Å². The molecule has 0 radical (unpaired) electrons. The van der Waals surface area contributed by atoms with Gasteiger partial charge in [0.25, 0.3) is 0 Å². The van der Waals surface area contributed by atoms with E-state index in [1.54, 1.807) is 0 Å². The first-order chi connectivity index (χ1) is 5.91. The van der Waals surface area contributed by atoms with Crippen LogP contribution in [0.15, 0.2) is 0 Å². The molecule has 0 aromatic carbocycles. The monoisotopic (exact) mass is 194 g/mol. The zero-order valence-electron chi connectivity index (χ0n) is 6.49. The number of aliphatic hydroxyl groups excluding tert-OH is 4. The number of rotatable bonds is 5. The molecule has 0 rings (SSSR count). The van der Waals surface area contributed by atoms with Crippen molar-refractivity contribution in [1.29, 1.82) is 0 Å². The Balaban J connectivity index is 4.32. The molecule has 0 aliphatic rings. The number of hydrogen-bond acceptors (Lipinski definition) is 6. The fraction of sp³-hybridized carbons (Fsp3) is 0.667. The molecular formula is C6H10O7. The van der Waals surface area contributed by atoms with Gasteiger partial charge in [0, 0.05) is 0 Å². The van der Waals surface area contributed by atoms with Crippen LogP contribution in [-0.4, -0.2) is 62.2 Å². The summed E-state index contributed by atoms with van der Waals surface area (Å²) in [4.78, 5) is 20.6. The summed E-state index contributed by atoms with van der Waals surface area (Å²) in [6.45, 7) is -1.04. The van der Waals surface area contributed by atoms with Crippen molar-refractivity contribution in [2.75, 3.05) is 6.61 Å². The van der Waals surface area contributed by atoms with Crippen LogP contribution in [0.4, 0.5) is 0 Å². The van der Waals surface area contributed by atoms with Gasteiger partial charge < -0.3 is 25.5 Å². The lowest BCUT2D eigenvalue weighted by Gasteiger charge is -2.17. The molecule has 3 atom stereocenters. The molecule has 0 aromatic heterocycles. The number of Topliss-reactive ketones (excluding diaryl/α,β-unsaturated/α-hetero) is 1. The SMILES string of the molecule is O=C(CO)[C@@H](O)[C@@H](O)[C@@H](O)C(=O)O. The fourth-order valence-electron chi connectivity index (χ4n) is 0.603. The Bertz CT molecular complexity index is 201. The third-order valence-corrected chi connectivity index (χ3v) is 1.39. The number of carboxylic acid groups (broad SMARTS) is 1. The van der Waals surface area contributed by atoms with Crippen molar-refractivity contribution in [1.82, 2.24) is 0 Å². The number of ketones is 1. The molecule has 76 valence electrons. The van der Waals surface area contributed by atoms with E-state index in [1.807, 2.05) is 0 Å². The fourth-order valence-corrected chi connectivity index (χ4v) is 0.603. The second-order valence-electron chi connectivity index (χ2n) is 2.34. The van der Waals surface area contributed by atoms with E-state index in [0.29, 0.717) is 0 Å². The standard InChI is InChI=1S/C6H10O7/c7-1-2(8)3(9)4(10)5(11)6(12)13/h3-5,7,9-11H,1H2,(H,12,13)/t3-,4-,5-/m1/s1. The van der Waals surface area contributed by atoms with Gasteiger partial charge in [0.05, 0.1) is 0 Å². The molecule has 0 aliphatic heterocycles. The number of hydrogen-bond donors (Lipinski definition) is 5. The van der Waals surface area contributed by atoms with Crippen LogP contribution in [0.2, 0.25) is 0 Å². The van der Waals surface area contributed by atoms with Crippen molar-refractivity contribution in [2.45, 2.75) is 18.3 Å². The average molecular weight is 194 g/mol.